The molecule has 0 bridgehead atoms. The molecule has 13 heavy (non-hydrogen) atoms. The van der Waals surface area contributed by atoms with Crippen molar-refractivity contribution < 1.29 is 9.90 Å². The Morgan fingerprint density at radius 1 is 1.54 bits per heavy atom. The Labute approximate surface area is 78.9 Å². The molecule has 2 N–H and O–H groups in total. The van der Waals surface area contributed by atoms with Crippen LogP contribution in [-0.4, -0.2) is 41.8 Å². The molecular weight excluding hydrogens is 168 g/mol. The Morgan fingerprint density at radius 3 is 2.54 bits per heavy atom. The van der Waals surface area contributed by atoms with E-state index < -0.39 is 6.09 Å². The van der Waals surface area contributed by atoms with Crippen molar-refractivity contribution in [1.82, 2.24) is 10.2 Å². The van der Waals surface area contributed by atoms with Crippen molar-refractivity contribution in [2.24, 2.45) is 5.41 Å². The lowest BCUT2D eigenvalue weighted by molar-refractivity contribution is 0.0674. The van der Waals surface area contributed by atoms with Crippen LogP contribution in [0.3, 0.4) is 0 Å². The largest absolute Gasteiger partial charge is 0.465 e. The van der Waals surface area contributed by atoms with Crippen LogP contribution < -0.4 is 5.32 Å². The topological polar surface area (TPSA) is 52.6 Å². The lowest BCUT2D eigenvalue weighted by Gasteiger charge is -2.41. The maximum Gasteiger partial charge on any atom is 0.407 e. The summed E-state index contributed by atoms with van der Waals surface area (Å²) in [7, 11) is 0. The zero-order valence-corrected chi connectivity index (χ0v) is 8.50. The normalized spacial score (nSPS) is 24.5. The van der Waals surface area contributed by atoms with Gasteiger partial charge in [-0.2, -0.15) is 0 Å². The highest BCUT2D eigenvalue weighted by atomic mass is 16.4. The van der Waals surface area contributed by atoms with E-state index in [-0.39, 0.29) is 11.5 Å². The Morgan fingerprint density at radius 2 is 2.15 bits per heavy atom. The van der Waals surface area contributed by atoms with Crippen molar-refractivity contribution in [3.63, 3.8) is 0 Å². The molecule has 1 heterocycles. The van der Waals surface area contributed by atoms with Gasteiger partial charge in [-0.05, 0) is 5.41 Å². The number of carbonyl (C=O) groups is 1. The van der Waals surface area contributed by atoms with Gasteiger partial charge in [-0.1, -0.05) is 20.8 Å². The van der Waals surface area contributed by atoms with Crippen LogP contribution in [-0.2, 0) is 0 Å². The summed E-state index contributed by atoms with van der Waals surface area (Å²) < 4.78 is 0. The lowest BCUT2D eigenvalue weighted by Crippen LogP contribution is -2.58. The molecule has 1 saturated heterocycles. The van der Waals surface area contributed by atoms with Gasteiger partial charge >= 0.3 is 6.09 Å². The highest BCUT2D eigenvalue weighted by Crippen LogP contribution is 2.25. The molecule has 1 aliphatic heterocycles. The van der Waals surface area contributed by atoms with Crippen molar-refractivity contribution >= 4 is 6.09 Å². The molecule has 1 aliphatic rings. The van der Waals surface area contributed by atoms with Gasteiger partial charge < -0.3 is 15.3 Å². The number of carboxylic acid groups (broad SMARTS) is 1. The van der Waals surface area contributed by atoms with E-state index in [4.69, 9.17) is 5.11 Å². The summed E-state index contributed by atoms with van der Waals surface area (Å²) in [6, 6.07) is 0.0822. The fourth-order valence-corrected chi connectivity index (χ4v) is 1.71. The Hall–Kier alpha value is -0.770. The first-order valence-electron chi connectivity index (χ1n) is 4.63. The molecule has 1 fully saturated rings. The minimum atomic E-state index is -0.804. The first-order chi connectivity index (χ1) is 5.93. The predicted molar refractivity (Wildman–Crippen MR) is 50.8 cm³/mol. The summed E-state index contributed by atoms with van der Waals surface area (Å²) >= 11 is 0. The van der Waals surface area contributed by atoms with Crippen LogP contribution in [0.5, 0.6) is 0 Å². The number of amides is 1. The predicted octanol–water partition coefficient (Wildman–Crippen LogP) is 0.984. The van der Waals surface area contributed by atoms with Crippen molar-refractivity contribution in [2.75, 3.05) is 19.6 Å². The van der Waals surface area contributed by atoms with Crippen LogP contribution in [0.15, 0.2) is 0 Å². The standard InChI is InChI=1S/C9H18N2O2/c1-9(2,3)7-6-10-4-5-11(7)8(12)13/h7,10H,4-6H2,1-3H3,(H,12,13). The molecule has 1 atom stereocenters. The number of hydrogen-bond acceptors (Lipinski definition) is 2. The van der Waals surface area contributed by atoms with Gasteiger partial charge in [-0.3, -0.25) is 0 Å². The molecule has 0 aromatic carbocycles. The van der Waals surface area contributed by atoms with Gasteiger partial charge in [0.2, 0.25) is 0 Å². The van der Waals surface area contributed by atoms with E-state index >= 15 is 0 Å². The fraction of sp³-hybridized carbons (Fsp3) is 0.889. The van der Waals surface area contributed by atoms with Crippen molar-refractivity contribution in [3.8, 4) is 0 Å². The summed E-state index contributed by atoms with van der Waals surface area (Å²) in [5, 5.41) is 12.2. The average molecular weight is 186 g/mol. The van der Waals surface area contributed by atoms with Gasteiger partial charge in [0.15, 0.2) is 0 Å². The first-order valence-corrected chi connectivity index (χ1v) is 4.63. The van der Waals surface area contributed by atoms with E-state index in [1.54, 1.807) is 0 Å². The Balaban J connectivity index is 2.73. The summed E-state index contributed by atoms with van der Waals surface area (Å²) in [6.07, 6.45) is -0.804. The number of piperazine rings is 1. The zero-order chi connectivity index (χ0) is 10.1. The fourth-order valence-electron chi connectivity index (χ4n) is 1.71. The van der Waals surface area contributed by atoms with Gasteiger partial charge in [-0.25, -0.2) is 4.79 Å². The molecule has 0 spiro atoms. The van der Waals surface area contributed by atoms with Crippen LogP contribution in [0.25, 0.3) is 0 Å². The Bertz CT molecular complexity index is 198. The molecule has 0 aromatic heterocycles. The average Bonchev–Trinajstić information content (AvgIpc) is 2.03. The van der Waals surface area contributed by atoms with Crippen LogP contribution in [0.2, 0.25) is 0 Å². The second-order valence-electron chi connectivity index (χ2n) is 4.56. The second kappa shape index (κ2) is 3.54. The third-order valence-electron chi connectivity index (χ3n) is 2.49. The van der Waals surface area contributed by atoms with Crippen LogP contribution in [0.4, 0.5) is 4.79 Å². The monoisotopic (exact) mass is 186 g/mol. The highest BCUT2D eigenvalue weighted by Gasteiger charge is 2.34. The quantitative estimate of drug-likeness (QED) is 0.593. The minimum absolute atomic E-state index is 0.00576. The summed E-state index contributed by atoms with van der Waals surface area (Å²) in [5.74, 6) is 0. The van der Waals surface area contributed by atoms with Crippen LogP contribution in [0.1, 0.15) is 20.8 Å². The van der Waals surface area contributed by atoms with Gasteiger partial charge in [0.05, 0.1) is 6.04 Å². The molecule has 76 valence electrons. The van der Waals surface area contributed by atoms with E-state index in [1.165, 1.54) is 4.90 Å². The smallest absolute Gasteiger partial charge is 0.407 e. The maximum absolute atomic E-state index is 10.9. The number of rotatable bonds is 0. The molecule has 1 rings (SSSR count). The molecule has 1 amide bonds. The van der Waals surface area contributed by atoms with E-state index in [9.17, 15) is 4.79 Å². The molecule has 0 radical (unpaired) electrons. The van der Waals surface area contributed by atoms with Gasteiger partial charge in [0, 0.05) is 19.6 Å². The van der Waals surface area contributed by atoms with Gasteiger partial charge in [0.25, 0.3) is 0 Å². The molecule has 0 aromatic rings. The lowest BCUT2D eigenvalue weighted by atomic mass is 9.85. The van der Waals surface area contributed by atoms with E-state index in [0.717, 1.165) is 13.1 Å². The van der Waals surface area contributed by atoms with E-state index in [1.807, 2.05) is 0 Å². The van der Waals surface area contributed by atoms with Gasteiger partial charge in [0.1, 0.15) is 0 Å². The van der Waals surface area contributed by atoms with Gasteiger partial charge in [-0.15, -0.1) is 0 Å². The first kappa shape index (κ1) is 10.3. The minimum Gasteiger partial charge on any atom is -0.465 e. The van der Waals surface area contributed by atoms with Crippen LogP contribution >= 0.6 is 0 Å². The second-order valence-corrected chi connectivity index (χ2v) is 4.56. The van der Waals surface area contributed by atoms with Crippen LogP contribution in [0, 0.1) is 5.41 Å². The number of hydrogen-bond donors (Lipinski definition) is 2. The van der Waals surface area contributed by atoms with Crippen molar-refractivity contribution in [3.05, 3.63) is 0 Å². The zero-order valence-electron chi connectivity index (χ0n) is 8.50. The van der Waals surface area contributed by atoms with E-state index in [0.29, 0.717) is 6.54 Å². The number of nitrogens with zero attached hydrogens (tertiary/aromatic N) is 1. The molecule has 4 heteroatoms. The molecule has 0 aliphatic carbocycles. The molecule has 1 unspecified atom stereocenters. The Kier molecular flexibility index (Phi) is 2.81. The molecule has 4 nitrogen and oxygen atoms in total. The SMILES string of the molecule is CC(C)(C)C1CNCCN1C(=O)O. The highest BCUT2D eigenvalue weighted by molar-refractivity contribution is 5.65. The summed E-state index contributed by atoms with van der Waals surface area (Å²) in [4.78, 5) is 12.4. The third kappa shape index (κ3) is 2.34. The molecule has 0 saturated carbocycles. The third-order valence-corrected chi connectivity index (χ3v) is 2.49. The van der Waals surface area contributed by atoms with Crippen molar-refractivity contribution in [1.29, 1.82) is 0 Å². The summed E-state index contributed by atoms with van der Waals surface area (Å²) in [5.41, 5.74) is 0.00576. The molecular formula is C9H18N2O2. The van der Waals surface area contributed by atoms with E-state index in [2.05, 4.69) is 26.1 Å². The van der Waals surface area contributed by atoms with Crippen molar-refractivity contribution in [2.45, 2.75) is 26.8 Å². The number of nitrogens with one attached hydrogen (secondary N) is 1. The maximum atomic E-state index is 10.9. The summed E-state index contributed by atoms with van der Waals surface area (Å²) in [6.45, 7) is 8.33.